The number of rotatable bonds is 8. The van der Waals surface area contributed by atoms with Gasteiger partial charge in [-0.05, 0) is 59.7 Å². The fourth-order valence-corrected chi connectivity index (χ4v) is 4.51. The summed E-state index contributed by atoms with van der Waals surface area (Å²) < 4.78 is 31.2. The summed E-state index contributed by atoms with van der Waals surface area (Å²) in [7, 11) is -3.52. The van der Waals surface area contributed by atoms with Gasteiger partial charge in [0.1, 0.15) is 6.61 Å². The molecule has 0 aliphatic heterocycles. The van der Waals surface area contributed by atoms with Crippen LogP contribution in [0.5, 0.6) is 5.75 Å². The molecule has 4 aromatic rings. The van der Waals surface area contributed by atoms with E-state index >= 15 is 0 Å². The molecule has 0 radical (unpaired) electrons. The van der Waals surface area contributed by atoms with E-state index in [0.29, 0.717) is 23.5 Å². The fraction of sp³-hybridized carbons (Fsp3) is 0.0800. The van der Waals surface area contributed by atoms with Crippen molar-refractivity contribution in [2.24, 2.45) is 0 Å². The highest BCUT2D eigenvalue weighted by Gasteiger charge is 2.17. The summed E-state index contributed by atoms with van der Waals surface area (Å²) in [4.78, 5) is 21.3. The third-order valence-electron chi connectivity index (χ3n) is 4.79. The molecular weight excluding hydrogens is 438 g/mol. The fourth-order valence-electron chi connectivity index (χ4n) is 3.15. The van der Waals surface area contributed by atoms with E-state index in [-0.39, 0.29) is 16.5 Å². The van der Waals surface area contributed by atoms with Gasteiger partial charge in [0.15, 0.2) is 21.4 Å². The monoisotopic (exact) mass is 459 g/mol. The minimum Gasteiger partial charge on any atom is -0.485 e. The minimum absolute atomic E-state index is 0.206. The first-order chi connectivity index (χ1) is 16.0. The van der Waals surface area contributed by atoms with Crippen LogP contribution in [0.1, 0.15) is 21.5 Å². The predicted octanol–water partition coefficient (Wildman–Crippen LogP) is 4.28. The van der Waals surface area contributed by atoms with Gasteiger partial charge in [0.25, 0.3) is 5.91 Å². The molecule has 0 fully saturated rings. The smallest absolute Gasteiger partial charge is 0.256 e. The van der Waals surface area contributed by atoms with Gasteiger partial charge < -0.3 is 10.1 Å². The number of hydrogen-bond donors (Lipinski definition) is 1. The van der Waals surface area contributed by atoms with Crippen LogP contribution in [0, 0.1) is 0 Å². The molecule has 0 aliphatic rings. The minimum atomic E-state index is -3.52. The number of ether oxygens (including phenoxy) is 1. The maximum atomic E-state index is 12.9. The van der Waals surface area contributed by atoms with Crippen LogP contribution >= 0.6 is 0 Å². The van der Waals surface area contributed by atoms with Crippen LogP contribution in [-0.4, -0.2) is 24.3 Å². The van der Waals surface area contributed by atoms with Gasteiger partial charge in [-0.1, -0.05) is 30.3 Å². The topological polar surface area (TPSA) is 98.2 Å². The molecule has 0 spiro atoms. The van der Waals surface area contributed by atoms with E-state index in [9.17, 15) is 13.2 Å². The average molecular weight is 460 g/mol. The van der Waals surface area contributed by atoms with E-state index in [1.165, 1.54) is 0 Å². The third-order valence-corrected chi connectivity index (χ3v) is 6.50. The summed E-state index contributed by atoms with van der Waals surface area (Å²) in [6.45, 7) is 0.296. The second-order valence-electron chi connectivity index (χ2n) is 7.22. The molecular formula is C25H21N3O4S. The Labute approximate surface area is 192 Å². The lowest BCUT2D eigenvalue weighted by Gasteiger charge is -2.12. The second kappa shape index (κ2) is 10.1. The Morgan fingerprint density at radius 1 is 0.848 bits per heavy atom. The van der Waals surface area contributed by atoms with E-state index in [2.05, 4.69) is 15.3 Å². The molecule has 8 heteroatoms. The number of pyridine rings is 2. The predicted molar refractivity (Wildman–Crippen MR) is 125 cm³/mol. The first-order valence-corrected chi connectivity index (χ1v) is 11.8. The number of carbonyl (C=O) groups excluding carboxylic acids is 1. The zero-order valence-corrected chi connectivity index (χ0v) is 18.4. The number of carbonyl (C=O) groups is 1. The highest BCUT2D eigenvalue weighted by Crippen LogP contribution is 2.23. The lowest BCUT2D eigenvalue weighted by molar-refractivity contribution is 0.102. The number of nitrogens with zero attached hydrogens (tertiary/aromatic N) is 2. The van der Waals surface area contributed by atoms with Crippen molar-refractivity contribution < 1.29 is 17.9 Å². The second-order valence-corrected chi connectivity index (χ2v) is 9.21. The summed E-state index contributed by atoms with van der Waals surface area (Å²) in [5, 5.41) is 2.75. The van der Waals surface area contributed by atoms with Gasteiger partial charge >= 0.3 is 0 Å². The van der Waals surface area contributed by atoms with Crippen molar-refractivity contribution in [3.8, 4) is 5.75 Å². The SMILES string of the molecule is O=C(Nc1ncccc1OCc1ccncc1)c1cccc(CS(=O)(=O)c2ccccc2)c1. The Balaban J connectivity index is 1.47. The van der Waals surface area contributed by atoms with E-state index in [1.807, 2.05) is 12.1 Å². The van der Waals surface area contributed by atoms with Gasteiger partial charge in [-0.15, -0.1) is 0 Å². The van der Waals surface area contributed by atoms with Crippen LogP contribution in [0.2, 0.25) is 0 Å². The molecule has 0 saturated heterocycles. The molecule has 1 N–H and O–H groups in total. The molecule has 1 amide bonds. The summed E-state index contributed by atoms with van der Waals surface area (Å²) in [6, 6.07) is 21.9. The number of anilines is 1. The summed E-state index contributed by atoms with van der Waals surface area (Å²) in [6.07, 6.45) is 4.91. The molecule has 2 aromatic heterocycles. The zero-order chi connectivity index (χ0) is 23.1. The van der Waals surface area contributed by atoms with E-state index in [1.54, 1.807) is 85.3 Å². The van der Waals surface area contributed by atoms with Crippen LogP contribution in [0.25, 0.3) is 0 Å². The lowest BCUT2D eigenvalue weighted by atomic mass is 10.1. The van der Waals surface area contributed by atoms with Gasteiger partial charge in [0.05, 0.1) is 10.6 Å². The Morgan fingerprint density at radius 2 is 1.64 bits per heavy atom. The van der Waals surface area contributed by atoms with Crippen LogP contribution < -0.4 is 10.1 Å². The van der Waals surface area contributed by atoms with Crippen molar-refractivity contribution >= 4 is 21.6 Å². The molecule has 0 atom stereocenters. The molecule has 0 bridgehead atoms. The lowest BCUT2D eigenvalue weighted by Crippen LogP contribution is -2.15. The standard InChI is InChI=1S/C25H21N3O4S/c29-25(28-24-23(10-5-13-27-24)32-17-19-11-14-26-15-12-19)21-7-4-6-20(16-21)18-33(30,31)22-8-2-1-3-9-22/h1-16H,17-18H2,(H,27,28,29). The number of amides is 1. The first-order valence-electron chi connectivity index (χ1n) is 10.2. The summed E-state index contributed by atoms with van der Waals surface area (Å²) in [5.74, 6) is 0.0768. The normalized spacial score (nSPS) is 11.0. The number of hydrogen-bond acceptors (Lipinski definition) is 6. The zero-order valence-electron chi connectivity index (χ0n) is 17.6. The number of aromatic nitrogens is 2. The van der Waals surface area contributed by atoms with E-state index in [4.69, 9.17) is 4.74 Å². The van der Waals surface area contributed by atoms with Crippen LogP contribution in [0.3, 0.4) is 0 Å². The van der Waals surface area contributed by atoms with Crippen LogP contribution in [0.4, 0.5) is 5.82 Å². The summed E-state index contributed by atoms with van der Waals surface area (Å²) in [5.41, 5.74) is 1.77. The largest absolute Gasteiger partial charge is 0.485 e. The van der Waals surface area contributed by atoms with E-state index < -0.39 is 15.7 Å². The highest BCUT2D eigenvalue weighted by atomic mass is 32.2. The van der Waals surface area contributed by atoms with Crippen LogP contribution in [-0.2, 0) is 22.2 Å². The van der Waals surface area contributed by atoms with Gasteiger partial charge in [-0.25, -0.2) is 13.4 Å². The third kappa shape index (κ3) is 5.81. The Morgan fingerprint density at radius 3 is 2.42 bits per heavy atom. The number of nitrogens with one attached hydrogen (secondary N) is 1. The first kappa shape index (κ1) is 22.2. The van der Waals surface area contributed by atoms with Gasteiger partial charge in [-0.2, -0.15) is 0 Å². The molecule has 2 aromatic carbocycles. The van der Waals surface area contributed by atoms with Gasteiger partial charge in [0, 0.05) is 24.2 Å². The summed E-state index contributed by atoms with van der Waals surface area (Å²) >= 11 is 0. The maximum absolute atomic E-state index is 12.9. The van der Waals surface area contributed by atoms with Gasteiger partial charge in [0.2, 0.25) is 0 Å². The highest BCUT2D eigenvalue weighted by molar-refractivity contribution is 7.90. The van der Waals surface area contributed by atoms with Crippen molar-refractivity contribution in [3.05, 3.63) is 114 Å². The molecule has 7 nitrogen and oxygen atoms in total. The quantitative estimate of drug-likeness (QED) is 0.422. The van der Waals surface area contributed by atoms with Crippen molar-refractivity contribution in [2.45, 2.75) is 17.3 Å². The molecule has 0 aliphatic carbocycles. The Kier molecular flexibility index (Phi) is 6.75. The number of benzene rings is 2. The average Bonchev–Trinajstić information content (AvgIpc) is 2.84. The Hall–Kier alpha value is -4.04. The maximum Gasteiger partial charge on any atom is 0.256 e. The number of sulfone groups is 1. The molecule has 33 heavy (non-hydrogen) atoms. The van der Waals surface area contributed by atoms with Crippen molar-refractivity contribution in [2.75, 3.05) is 5.32 Å². The van der Waals surface area contributed by atoms with E-state index in [0.717, 1.165) is 5.56 Å². The molecule has 166 valence electrons. The molecule has 0 unspecified atom stereocenters. The van der Waals surface area contributed by atoms with Crippen molar-refractivity contribution in [1.82, 2.24) is 9.97 Å². The Bertz CT molecular complexity index is 1340. The molecule has 4 rings (SSSR count). The van der Waals surface area contributed by atoms with Crippen LogP contribution in [0.15, 0.2) is 102 Å². The van der Waals surface area contributed by atoms with Crippen molar-refractivity contribution in [3.63, 3.8) is 0 Å². The molecule has 2 heterocycles. The molecule has 0 saturated carbocycles. The van der Waals surface area contributed by atoms with Gasteiger partial charge in [-0.3, -0.25) is 9.78 Å². The van der Waals surface area contributed by atoms with Crippen molar-refractivity contribution in [1.29, 1.82) is 0 Å².